The summed E-state index contributed by atoms with van der Waals surface area (Å²) in [5, 5.41) is 3.85. The van der Waals surface area contributed by atoms with Crippen LogP contribution in [0.2, 0.25) is 0 Å². The molecule has 3 unspecified atom stereocenters. The van der Waals surface area contributed by atoms with Crippen LogP contribution in [-0.4, -0.2) is 49.0 Å². The number of hydrogen-bond donors (Lipinski definition) is 1. The van der Waals surface area contributed by atoms with Crippen molar-refractivity contribution in [2.24, 2.45) is 5.92 Å². The van der Waals surface area contributed by atoms with Crippen LogP contribution in [0.5, 0.6) is 0 Å². The number of carbonyl (C=O) groups is 2. The third-order valence-electron chi connectivity index (χ3n) is 3.75. The first kappa shape index (κ1) is 15.0. The van der Waals surface area contributed by atoms with Crippen molar-refractivity contribution >= 4 is 21.7 Å². The Kier molecular flexibility index (Phi) is 3.90. The summed E-state index contributed by atoms with van der Waals surface area (Å²) in [5.41, 5.74) is 0. The van der Waals surface area contributed by atoms with Gasteiger partial charge in [-0.05, 0) is 18.4 Å². The summed E-state index contributed by atoms with van der Waals surface area (Å²) in [5.74, 6) is -0.610. The zero-order valence-corrected chi connectivity index (χ0v) is 12.7. The molecule has 2 amide bonds. The predicted octanol–water partition coefficient (Wildman–Crippen LogP) is 0.0587. The van der Waals surface area contributed by atoms with E-state index >= 15 is 0 Å². The van der Waals surface area contributed by atoms with Gasteiger partial charge < -0.3 is 10.2 Å². The quantitative estimate of drug-likeness (QED) is 0.799. The van der Waals surface area contributed by atoms with Crippen molar-refractivity contribution < 1.29 is 18.0 Å². The molecule has 20 heavy (non-hydrogen) atoms. The van der Waals surface area contributed by atoms with E-state index in [2.05, 4.69) is 5.32 Å². The molecule has 0 saturated carbocycles. The van der Waals surface area contributed by atoms with Gasteiger partial charge in [0.25, 0.3) is 0 Å². The summed E-state index contributed by atoms with van der Waals surface area (Å²) in [7, 11) is -3.27. The molecular formula is C13H20N2O4S. The van der Waals surface area contributed by atoms with Crippen LogP contribution in [0, 0.1) is 5.92 Å². The highest BCUT2D eigenvalue weighted by Crippen LogP contribution is 2.25. The maximum absolute atomic E-state index is 12.5. The normalized spacial score (nSPS) is 32.8. The second-order valence-corrected chi connectivity index (χ2v) is 7.56. The van der Waals surface area contributed by atoms with E-state index in [1.54, 1.807) is 0 Å². The highest BCUT2D eigenvalue weighted by atomic mass is 32.2. The second-order valence-electron chi connectivity index (χ2n) is 5.63. The van der Waals surface area contributed by atoms with Gasteiger partial charge in [0.1, 0.15) is 12.1 Å². The van der Waals surface area contributed by atoms with E-state index in [4.69, 9.17) is 0 Å². The molecule has 2 aliphatic heterocycles. The maximum Gasteiger partial charge on any atom is 0.246 e. The molecule has 6 nitrogen and oxygen atoms in total. The molecule has 1 N–H and O–H groups in total. The van der Waals surface area contributed by atoms with Gasteiger partial charge in [0, 0.05) is 5.41 Å². The third-order valence-corrected chi connectivity index (χ3v) is 5.12. The molecule has 0 aromatic heterocycles. The molecule has 0 bridgehead atoms. The molecule has 0 aromatic carbocycles. The largest absolute Gasteiger partial charge is 0.343 e. The minimum Gasteiger partial charge on any atom is -0.343 e. The van der Waals surface area contributed by atoms with Gasteiger partial charge >= 0.3 is 0 Å². The lowest BCUT2D eigenvalue weighted by Crippen LogP contribution is -2.67. The van der Waals surface area contributed by atoms with Crippen molar-refractivity contribution in [2.75, 3.05) is 5.75 Å². The lowest BCUT2D eigenvalue weighted by Gasteiger charge is -2.43. The Morgan fingerprint density at radius 3 is 2.50 bits per heavy atom. The predicted molar refractivity (Wildman–Crippen MR) is 74.4 cm³/mol. The van der Waals surface area contributed by atoms with E-state index in [0.717, 1.165) is 5.41 Å². The van der Waals surface area contributed by atoms with E-state index in [1.165, 1.54) is 11.0 Å². The summed E-state index contributed by atoms with van der Waals surface area (Å²) in [6, 6.07) is -1.72. The first-order chi connectivity index (χ1) is 9.26. The fourth-order valence-corrected chi connectivity index (χ4v) is 4.04. The highest BCUT2D eigenvalue weighted by Gasteiger charge is 2.45. The molecule has 0 spiro atoms. The SMILES string of the molecule is CCC1NC(=O)C(C(C)C)N(C2C=CS(=O)(=O)C2)C1=O. The first-order valence-electron chi connectivity index (χ1n) is 6.80. The number of carbonyl (C=O) groups excluding carboxylic acids is 2. The topological polar surface area (TPSA) is 83.6 Å². The second kappa shape index (κ2) is 5.20. The Balaban J connectivity index is 2.36. The Morgan fingerprint density at radius 1 is 1.40 bits per heavy atom. The van der Waals surface area contributed by atoms with Crippen LogP contribution in [-0.2, 0) is 19.4 Å². The van der Waals surface area contributed by atoms with Crippen LogP contribution in [0.3, 0.4) is 0 Å². The average molecular weight is 300 g/mol. The molecule has 2 heterocycles. The minimum absolute atomic E-state index is 0.0755. The number of sulfone groups is 1. The van der Waals surface area contributed by atoms with Gasteiger partial charge in [-0.15, -0.1) is 0 Å². The number of hydrogen-bond acceptors (Lipinski definition) is 4. The molecule has 0 radical (unpaired) electrons. The van der Waals surface area contributed by atoms with Crippen LogP contribution >= 0.6 is 0 Å². The van der Waals surface area contributed by atoms with Crippen molar-refractivity contribution in [1.29, 1.82) is 0 Å². The monoisotopic (exact) mass is 300 g/mol. The van der Waals surface area contributed by atoms with Gasteiger partial charge in [-0.25, -0.2) is 8.42 Å². The van der Waals surface area contributed by atoms with Crippen molar-refractivity contribution in [1.82, 2.24) is 10.2 Å². The molecular weight excluding hydrogens is 280 g/mol. The summed E-state index contributed by atoms with van der Waals surface area (Å²) in [4.78, 5) is 26.2. The Hall–Kier alpha value is -1.37. The van der Waals surface area contributed by atoms with E-state index < -0.39 is 28.0 Å². The Morgan fingerprint density at radius 2 is 2.05 bits per heavy atom. The van der Waals surface area contributed by atoms with Crippen molar-refractivity contribution in [3.8, 4) is 0 Å². The molecule has 0 aliphatic carbocycles. The van der Waals surface area contributed by atoms with Crippen molar-refractivity contribution in [3.05, 3.63) is 11.5 Å². The summed E-state index contributed by atoms with van der Waals surface area (Å²) >= 11 is 0. The minimum atomic E-state index is -3.27. The number of nitrogens with one attached hydrogen (secondary N) is 1. The Bertz CT molecular complexity index is 553. The molecule has 112 valence electrons. The van der Waals surface area contributed by atoms with Gasteiger partial charge in [0.05, 0.1) is 11.8 Å². The lowest BCUT2D eigenvalue weighted by atomic mass is 9.94. The number of piperazine rings is 1. The van der Waals surface area contributed by atoms with E-state index in [1.807, 2.05) is 20.8 Å². The Labute approximate surface area is 119 Å². The standard InChI is InChI=1S/C13H20N2O4S/c1-4-10-13(17)15(9-5-6-20(18,19)7-9)11(8(2)3)12(16)14-10/h5-6,8-11H,4,7H2,1-3H3,(H,14,16). The summed E-state index contributed by atoms with van der Waals surface area (Å²) in [6.07, 6.45) is 2.00. The smallest absolute Gasteiger partial charge is 0.246 e. The molecule has 2 aliphatic rings. The fourth-order valence-electron chi connectivity index (χ4n) is 2.77. The highest BCUT2D eigenvalue weighted by molar-refractivity contribution is 7.94. The van der Waals surface area contributed by atoms with Crippen LogP contribution in [0.4, 0.5) is 0 Å². The van der Waals surface area contributed by atoms with Gasteiger partial charge in [0.2, 0.25) is 11.8 Å². The van der Waals surface area contributed by atoms with Crippen LogP contribution in [0.1, 0.15) is 27.2 Å². The molecule has 3 atom stereocenters. The van der Waals surface area contributed by atoms with Crippen LogP contribution in [0.25, 0.3) is 0 Å². The van der Waals surface area contributed by atoms with Crippen molar-refractivity contribution in [3.63, 3.8) is 0 Å². The number of rotatable bonds is 3. The summed E-state index contributed by atoms with van der Waals surface area (Å²) in [6.45, 7) is 5.52. The molecule has 2 rings (SSSR count). The van der Waals surface area contributed by atoms with Gasteiger partial charge in [0.15, 0.2) is 9.84 Å². The van der Waals surface area contributed by atoms with E-state index in [9.17, 15) is 18.0 Å². The molecule has 7 heteroatoms. The molecule has 0 aromatic rings. The maximum atomic E-state index is 12.5. The van der Waals surface area contributed by atoms with E-state index in [0.29, 0.717) is 6.42 Å². The van der Waals surface area contributed by atoms with Gasteiger partial charge in [-0.2, -0.15) is 0 Å². The zero-order valence-electron chi connectivity index (χ0n) is 11.9. The number of nitrogens with zero attached hydrogens (tertiary/aromatic N) is 1. The third kappa shape index (κ3) is 2.59. The van der Waals surface area contributed by atoms with Gasteiger partial charge in [-0.3, -0.25) is 9.59 Å². The zero-order chi connectivity index (χ0) is 15.1. The van der Waals surface area contributed by atoms with E-state index in [-0.39, 0.29) is 23.5 Å². The lowest BCUT2D eigenvalue weighted by molar-refractivity contribution is -0.152. The van der Waals surface area contributed by atoms with Crippen molar-refractivity contribution in [2.45, 2.75) is 45.3 Å². The average Bonchev–Trinajstić information content (AvgIpc) is 2.70. The van der Waals surface area contributed by atoms with Gasteiger partial charge in [-0.1, -0.05) is 20.8 Å². The fraction of sp³-hybridized carbons (Fsp3) is 0.692. The van der Waals surface area contributed by atoms with Crippen LogP contribution in [0.15, 0.2) is 11.5 Å². The first-order valence-corrected chi connectivity index (χ1v) is 8.52. The molecule has 1 fully saturated rings. The molecule has 1 saturated heterocycles. The number of amides is 2. The van der Waals surface area contributed by atoms with Crippen LogP contribution < -0.4 is 5.32 Å². The summed E-state index contributed by atoms with van der Waals surface area (Å²) < 4.78 is 23.1.